The van der Waals surface area contributed by atoms with E-state index in [1.807, 2.05) is 6.07 Å². The van der Waals surface area contributed by atoms with Gasteiger partial charge in [0.05, 0.1) is 4.34 Å². The Labute approximate surface area is 111 Å². The summed E-state index contributed by atoms with van der Waals surface area (Å²) in [6.07, 6.45) is 5.01. The minimum Gasteiger partial charge on any atom is -0.385 e. The monoisotopic (exact) mass is 272 g/mol. The van der Waals surface area contributed by atoms with Crippen molar-refractivity contribution in [2.45, 2.75) is 44.6 Å². The second kappa shape index (κ2) is 5.98. The number of aliphatic hydroxyl groups excluding tert-OH is 1. The van der Waals surface area contributed by atoms with Gasteiger partial charge in [-0.15, -0.1) is 11.3 Å². The molecule has 1 aliphatic rings. The lowest BCUT2D eigenvalue weighted by atomic mass is 9.83. The fraction of sp³-hybridized carbons (Fsp3) is 0.615. The number of ketones is 1. The van der Waals surface area contributed by atoms with Crippen LogP contribution in [0.3, 0.4) is 0 Å². The van der Waals surface area contributed by atoms with Gasteiger partial charge in [-0.3, -0.25) is 4.79 Å². The van der Waals surface area contributed by atoms with Crippen molar-refractivity contribution in [1.82, 2.24) is 0 Å². The van der Waals surface area contributed by atoms with Crippen molar-refractivity contribution in [2.75, 3.05) is 0 Å². The van der Waals surface area contributed by atoms with Crippen molar-refractivity contribution in [3.8, 4) is 0 Å². The summed E-state index contributed by atoms with van der Waals surface area (Å²) in [7, 11) is 0. The lowest BCUT2D eigenvalue weighted by Crippen LogP contribution is -2.32. The molecule has 1 fully saturated rings. The Kier molecular flexibility index (Phi) is 4.60. The van der Waals surface area contributed by atoms with Gasteiger partial charge in [0.2, 0.25) is 0 Å². The lowest BCUT2D eigenvalue weighted by Gasteiger charge is -2.25. The van der Waals surface area contributed by atoms with Crippen LogP contribution in [0.25, 0.3) is 0 Å². The van der Waals surface area contributed by atoms with Gasteiger partial charge in [0.1, 0.15) is 6.10 Å². The summed E-state index contributed by atoms with van der Waals surface area (Å²) >= 11 is 7.23. The number of Topliss-reactive ketones (excluding diaryl/α,β-unsaturated/α-hetero) is 1. The minimum absolute atomic E-state index is 0.0598. The third-order valence-electron chi connectivity index (χ3n) is 3.40. The second-order valence-electron chi connectivity index (χ2n) is 4.69. The highest BCUT2D eigenvalue weighted by molar-refractivity contribution is 7.16. The van der Waals surface area contributed by atoms with Crippen LogP contribution in [0.2, 0.25) is 4.34 Å². The third-order valence-corrected chi connectivity index (χ3v) is 4.63. The van der Waals surface area contributed by atoms with Crippen LogP contribution in [0.4, 0.5) is 0 Å². The van der Waals surface area contributed by atoms with E-state index in [1.54, 1.807) is 6.07 Å². The molecule has 0 radical (unpaired) electrons. The van der Waals surface area contributed by atoms with E-state index in [1.165, 1.54) is 17.8 Å². The summed E-state index contributed by atoms with van der Waals surface area (Å²) in [5.74, 6) is 0.113. The smallest absolute Gasteiger partial charge is 0.166 e. The predicted octanol–water partition coefficient (Wildman–Crippen LogP) is 3.45. The number of carbonyl (C=O) groups is 1. The van der Waals surface area contributed by atoms with Crippen LogP contribution >= 0.6 is 22.9 Å². The highest BCUT2D eigenvalue weighted by atomic mass is 35.5. The second-order valence-corrected chi connectivity index (χ2v) is 6.49. The average Bonchev–Trinajstić information content (AvgIpc) is 2.75. The molecule has 1 N–H and O–H groups in total. The molecule has 17 heavy (non-hydrogen) atoms. The van der Waals surface area contributed by atoms with Gasteiger partial charge in [0.25, 0.3) is 0 Å². The van der Waals surface area contributed by atoms with E-state index in [9.17, 15) is 9.90 Å². The topological polar surface area (TPSA) is 37.3 Å². The average molecular weight is 273 g/mol. The molecule has 0 aliphatic heterocycles. The Hall–Kier alpha value is -0.380. The molecule has 1 saturated carbocycles. The zero-order valence-corrected chi connectivity index (χ0v) is 11.3. The number of carbonyl (C=O) groups excluding carboxylic acids is 1. The molecule has 1 unspecified atom stereocenters. The van der Waals surface area contributed by atoms with Crippen molar-refractivity contribution in [3.63, 3.8) is 0 Å². The summed E-state index contributed by atoms with van der Waals surface area (Å²) in [5.41, 5.74) is 0. The maximum absolute atomic E-state index is 11.9. The summed E-state index contributed by atoms with van der Waals surface area (Å²) in [6, 6.07) is 3.65. The van der Waals surface area contributed by atoms with Crippen LogP contribution in [0.15, 0.2) is 12.1 Å². The van der Waals surface area contributed by atoms with Gasteiger partial charge in [-0.2, -0.15) is 0 Å². The Bertz CT molecular complexity index is 383. The summed E-state index contributed by atoms with van der Waals surface area (Å²) < 4.78 is 0.694. The fourth-order valence-corrected chi connectivity index (χ4v) is 3.53. The normalized spacial score (nSPS) is 19.2. The Morgan fingerprint density at radius 2 is 2.12 bits per heavy atom. The van der Waals surface area contributed by atoms with Crippen LogP contribution in [0, 0.1) is 5.92 Å². The molecule has 0 bridgehead atoms. The molecule has 1 aromatic heterocycles. The largest absolute Gasteiger partial charge is 0.385 e. The van der Waals surface area contributed by atoms with Gasteiger partial charge in [-0.05, 0) is 30.9 Å². The molecule has 0 spiro atoms. The lowest BCUT2D eigenvalue weighted by molar-refractivity contribution is -0.129. The highest BCUT2D eigenvalue weighted by Crippen LogP contribution is 2.28. The van der Waals surface area contributed by atoms with Crippen molar-refractivity contribution in [3.05, 3.63) is 21.3 Å². The van der Waals surface area contributed by atoms with Gasteiger partial charge in [0.15, 0.2) is 5.78 Å². The first-order valence-corrected chi connectivity index (χ1v) is 7.31. The maximum atomic E-state index is 11.9. The number of hydrogen-bond donors (Lipinski definition) is 1. The van der Waals surface area contributed by atoms with Crippen LogP contribution in [-0.2, 0) is 11.2 Å². The van der Waals surface area contributed by atoms with Gasteiger partial charge >= 0.3 is 0 Å². The van der Waals surface area contributed by atoms with E-state index in [-0.39, 0.29) is 11.7 Å². The van der Waals surface area contributed by atoms with Crippen LogP contribution in [0.1, 0.15) is 37.0 Å². The summed E-state index contributed by atoms with van der Waals surface area (Å²) in [6.45, 7) is 0. The molecule has 0 aromatic carbocycles. The van der Waals surface area contributed by atoms with E-state index in [0.717, 1.165) is 30.6 Å². The molecule has 94 valence electrons. The zero-order valence-electron chi connectivity index (χ0n) is 9.69. The van der Waals surface area contributed by atoms with Crippen molar-refractivity contribution < 1.29 is 9.90 Å². The predicted molar refractivity (Wildman–Crippen MR) is 70.6 cm³/mol. The minimum atomic E-state index is -0.781. The number of halogens is 1. The van der Waals surface area contributed by atoms with E-state index in [4.69, 9.17) is 11.6 Å². The molecular formula is C13H17ClO2S. The van der Waals surface area contributed by atoms with E-state index >= 15 is 0 Å². The van der Waals surface area contributed by atoms with E-state index < -0.39 is 6.10 Å². The van der Waals surface area contributed by atoms with Crippen molar-refractivity contribution in [1.29, 1.82) is 0 Å². The Morgan fingerprint density at radius 3 is 2.71 bits per heavy atom. The van der Waals surface area contributed by atoms with Crippen molar-refractivity contribution >= 4 is 28.7 Å². The summed E-state index contributed by atoms with van der Waals surface area (Å²) in [4.78, 5) is 12.9. The maximum Gasteiger partial charge on any atom is 0.166 e. The summed E-state index contributed by atoms with van der Waals surface area (Å²) in [5, 5.41) is 10.0. The standard InChI is InChI=1S/C13H17ClO2S/c14-12-7-6-10(17-12)8-11(15)13(16)9-4-2-1-3-5-9/h6-7,9,13,16H,1-5,8H2. The molecule has 1 aliphatic carbocycles. The first-order valence-electron chi connectivity index (χ1n) is 6.12. The number of rotatable bonds is 4. The molecule has 2 nitrogen and oxygen atoms in total. The Morgan fingerprint density at radius 1 is 1.41 bits per heavy atom. The number of aliphatic hydroxyl groups is 1. The molecule has 0 saturated heterocycles. The first kappa shape index (κ1) is 13.1. The Balaban J connectivity index is 1.90. The van der Waals surface area contributed by atoms with Crippen LogP contribution < -0.4 is 0 Å². The fourth-order valence-electron chi connectivity index (χ4n) is 2.44. The van der Waals surface area contributed by atoms with Gasteiger partial charge in [-0.1, -0.05) is 30.9 Å². The quantitative estimate of drug-likeness (QED) is 0.911. The van der Waals surface area contributed by atoms with Crippen LogP contribution in [-0.4, -0.2) is 17.0 Å². The first-order chi connectivity index (χ1) is 8.16. The number of thiophene rings is 1. The molecule has 1 atom stereocenters. The highest BCUT2D eigenvalue weighted by Gasteiger charge is 2.27. The zero-order chi connectivity index (χ0) is 12.3. The SMILES string of the molecule is O=C(Cc1ccc(Cl)s1)C(O)C1CCCCC1. The van der Waals surface area contributed by atoms with E-state index in [2.05, 4.69) is 0 Å². The van der Waals surface area contributed by atoms with Crippen LogP contribution in [0.5, 0.6) is 0 Å². The van der Waals surface area contributed by atoms with Gasteiger partial charge in [0, 0.05) is 11.3 Å². The van der Waals surface area contributed by atoms with Gasteiger partial charge < -0.3 is 5.11 Å². The molecule has 2 rings (SSSR count). The van der Waals surface area contributed by atoms with E-state index in [0.29, 0.717) is 10.8 Å². The molecule has 1 heterocycles. The van der Waals surface area contributed by atoms with Crippen molar-refractivity contribution in [2.24, 2.45) is 5.92 Å². The number of hydrogen-bond acceptors (Lipinski definition) is 3. The molecule has 1 aromatic rings. The third kappa shape index (κ3) is 3.54. The molecule has 4 heteroatoms. The molecule has 0 amide bonds. The van der Waals surface area contributed by atoms with Gasteiger partial charge in [-0.25, -0.2) is 0 Å². The molecular weight excluding hydrogens is 256 g/mol.